The van der Waals surface area contributed by atoms with Gasteiger partial charge < -0.3 is 4.90 Å². The first kappa shape index (κ1) is 11.0. The molecule has 0 saturated carbocycles. The van der Waals surface area contributed by atoms with Crippen LogP contribution in [0.25, 0.3) is 0 Å². The van der Waals surface area contributed by atoms with Gasteiger partial charge in [0.05, 0.1) is 17.9 Å². The molecule has 1 fully saturated rings. The van der Waals surface area contributed by atoms with Gasteiger partial charge in [0.1, 0.15) is 0 Å². The Morgan fingerprint density at radius 1 is 1.50 bits per heavy atom. The zero-order chi connectivity index (χ0) is 11.5. The van der Waals surface area contributed by atoms with Gasteiger partial charge >= 0.3 is 0 Å². The lowest BCUT2D eigenvalue weighted by atomic mass is 10.1. The highest BCUT2D eigenvalue weighted by Gasteiger charge is 2.30. The molecule has 0 aliphatic carbocycles. The van der Waals surface area contributed by atoms with Crippen LogP contribution < -0.4 is 4.90 Å². The first-order valence-electron chi connectivity index (χ1n) is 5.11. The van der Waals surface area contributed by atoms with Crippen molar-refractivity contribution in [3.05, 3.63) is 29.8 Å². The summed E-state index contributed by atoms with van der Waals surface area (Å²) in [5.74, 6) is 0.0328. The molecule has 0 aromatic heterocycles. The lowest BCUT2D eigenvalue weighted by molar-refractivity contribution is -0.117. The Labute approximate surface area is 99.2 Å². The highest BCUT2D eigenvalue weighted by molar-refractivity contribution is 6.24. The smallest absolute Gasteiger partial charge is 0.228 e. The maximum atomic E-state index is 11.7. The van der Waals surface area contributed by atoms with Gasteiger partial charge in [0, 0.05) is 18.7 Å². The number of hydrogen-bond donors (Lipinski definition) is 0. The summed E-state index contributed by atoms with van der Waals surface area (Å²) >= 11 is 5.95. The van der Waals surface area contributed by atoms with E-state index >= 15 is 0 Å². The second-order valence-electron chi connectivity index (χ2n) is 3.77. The Bertz CT molecular complexity index is 453. The van der Waals surface area contributed by atoms with Crippen molar-refractivity contribution in [2.75, 3.05) is 11.4 Å². The number of anilines is 1. The van der Waals surface area contributed by atoms with Gasteiger partial charge in [0.2, 0.25) is 5.91 Å². The minimum Gasteiger partial charge on any atom is -0.311 e. The predicted octanol–water partition coefficient (Wildman–Crippen LogP) is 2.10. The lowest BCUT2D eigenvalue weighted by Crippen LogP contribution is -2.25. The summed E-state index contributed by atoms with van der Waals surface area (Å²) < 4.78 is 0. The van der Waals surface area contributed by atoms with E-state index in [0.29, 0.717) is 19.4 Å². The van der Waals surface area contributed by atoms with Crippen LogP contribution in [0.5, 0.6) is 0 Å². The van der Waals surface area contributed by atoms with Crippen molar-refractivity contribution in [1.82, 2.24) is 0 Å². The monoisotopic (exact) mass is 234 g/mol. The zero-order valence-electron chi connectivity index (χ0n) is 8.69. The molecule has 0 bridgehead atoms. The molecule has 2 rings (SSSR count). The van der Waals surface area contributed by atoms with Gasteiger partial charge in [0.25, 0.3) is 0 Å². The van der Waals surface area contributed by atoms with E-state index in [-0.39, 0.29) is 11.3 Å². The summed E-state index contributed by atoms with van der Waals surface area (Å²) in [6, 6.07) is 9.57. The van der Waals surface area contributed by atoms with Crippen molar-refractivity contribution in [3.63, 3.8) is 0 Å². The van der Waals surface area contributed by atoms with Crippen LogP contribution in [0.1, 0.15) is 12.0 Å². The Balaban J connectivity index is 2.33. The van der Waals surface area contributed by atoms with E-state index in [0.717, 1.165) is 11.3 Å². The van der Waals surface area contributed by atoms with E-state index in [1.165, 1.54) is 0 Å². The van der Waals surface area contributed by atoms with E-state index in [4.69, 9.17) is 16.9 Å². The van der Waals surface area contributed by atoms with Crippen molar-refractivity contribution >= 4 is 23.2 Å². The third-order valence-electron chi connectivity index (χ3n) is 2.63. The van der Waals surface area contributed by atoms with E-state index in [1.54, 1.807) is 4.90 Å². The van der Waals surface area contributed by atoms with Crippen molar-refractivity contribution in [1.29, 1.82) is 5.26 Å². The van der Waals surface area contributed by atoms with Gasteiger partial charge in [-0.3, -0.25) is 4.79 Å². The number of carbonyl (C=O) groups is 1. The molecule has 1 aliphatic rings. The highest BCUT2D eigenvalue weighted by atomic mass is 35.5. The number of amides is 1. The quantitative estimate of drug-likeness (QED) is 0.736. The van der Waals surface area contributed by atoms with Crippen LogP contribution in [0.4, 0.5) is 5.69 Å². The van der Waals surface area contributed by atoms with Crippen molar-refractivity contribution in [2.45, 2.75) is 18.2 Å². The fraction of sp³-hybridized carbons (Fsp3) is 0.333. The first-order valence-corrected chi connectivity index (χ1v) is 5.55. The van der Waals surface area contributed by atoms with Crippen molar-refractivity contribution in [2.24, 2.45) is 0 Å². The highest BCUT2D eigenvalue weighted by Crippen LogP contribution is 2.27. The average molecular weight is 235 g/mol. The van der Waals surface area contributed by atoms with Crippen LogP contribution in [0.15, 0.2) is 24.3 Å². The third kappa shape index (κ3) is 2.02. The Morgan fingerprint density at radius 2 is 2.25 bits per heavy atom. The Hall–Kier alpha value is -1.53. The van der Waals surface area contributed by atoms with E-state index in [1.807, 2.05) is 24.3 Å². The number of rotatable bonds is 2. The predicted molar refractivity (Wildman–Crippen MR) is 62.4 cm³/mol. The van der Waals surface area contributed by atoms with Crippen LogP contribution >= 0.6 is 11.6 Å². The second-order valence-corrected chi connectivity index (χ2v) is 4.39. The number of para-hydroxylation sites is 1. The first-order chi connectivity index (χ1) is 7.72. The van der Waals surface area contributed by atoms with Crippen LogP contribution in [0.3, 0.4) is 0 Å². The molecule has 0 radical (unpaired) electrons. The van der Waals surface area contributed by atoms with Crippen LogP contribution in [-0.4, -0.2) is 17.8 Å². The summed E-state index contributed by atoms with van der Waals surface area (Å²) in [7, 11) is 0. The molecular weight excluding hydrogens is 224 g/mol. The number of benzene rings is 1. The molecular formula is C12H11ClN2O. The SMILES string of the molecule is N#CCc1ccccc1N1CC(Cl)CC1=O. The molecule has 82 valence electrons. The summed E-state index contributed by atoms with van der Waals surface area (Å²) in [5, 5.41) is 8.60. The zero-order valence-corrected chi connectivity index (χ0v) is 9.44. The summed E-state index contributed by atoms with van der Waals surface area (Å²) in [4.78, 5) is 13.4. The summed E-state index contributed by atoms with van der Waals surface area (Å²) in [5.41, 5.74) is 1.70. The molecule has 1 saturated heterocycles. The number of alkyl halides is 1. The molecule has 1 aromatic rings. The number of nitriles is 1. The normalized spacial score (nSPS) is 19.9. The molecule has 1 heterocycles. The number of hydrogen-bond acceptors (Lipinski definition) is 2. The summed E-state index contributed by atoms with van der Waals surface area (Å²) in [6.07, 6.45) is 0.690. The maximum Gasteiger partial charge on any atom is 0.228 e. The fourth-order valence-electron chi connectivity index (χ4n) is 1.91. The van der Waals surface area contributed by atoms with Gasteiger partial charge in [-0.2, -0.15) is 5.26 Å². The van der Waals surface area contributed by atoms with E-state index in [2.05, 4.69) is 6.07 Å². The summed E-state index contributed by atoms with van der Waals surface area (Å²) in [6.45, 7) is 0.531. The van der Waals surface area contributed by atoms with Crippen molar-refractivity contribution in [3.8, 4) is 6.07 Å². The molecule has 3 nitrogen and oxygen atoms in total. The lowest BCUT2D eigenvalue weighted by Gasteiger charge is -2.18. The number of halogens is 1. The van der Waals surface area contributed by atoms with Crippen LogP contribution in [-0.2, 0) is 11.2 Å². The van der Waals surface area contributed by atoms with Crippen LogP contribution in [0.2, 0.25) is 0 Å². The largest absolute Gasteiger partial charge is 0.311 e. The number of carbonyl (C=O) groups excluding carboxylic acids is 1. The van der Waals surface area contributed by atoms with Gasteiger partial charge in [-0.05, 0) is 11.6 Å². The molecule has 1 atom stereocenters. The topological polar surface area (TPSA) is 44.1 Å². The third-order valence-corrected chi connectivity index (χ3v) is 2.92. The number of nitrogens with zero attached hydrogens (tertiary/aromatic N) is 2. The molecule has 1 amide bonds. The van der Waals surface area contributed by atoms with E-state index < -0.39 is 0 Å². The fourth-order valence-corrected chi connectivity index (χ4v) is 2.18. The molecule has 1 aromatic carbocycles. The molecule has 1 unspecified atom stereocenters. The second kappa shape index (κ2) is 4.54. The Morgan fingerprint density at radius 3 is 2.88 bits per heavy atom. The molecule has 16 heavy (non-hydrogen) atoms. The van der Waals surface area contributed by atoms with Crippen LogP contribution in [0, 0.1) is 11.3 Å². The van der Waals surface area contributed by atoms with Gasteiger partial charge in [-0.1, -0.05) is 18.2 Å². The standard InChI is InChI=1S/C12H11ClN2O/c13-10-7-12(16)15(8-10)11-4-2-1-3-9(11)5-6-14/h1-4,10H,5,7-8H2. The molecule has 0 spiro atoms. The van der Waals surface area contributed by atoms with Crippen molar-refractivity contribution < 1.29 is 4.79 Å². The molecule has 1 aliphatic heterocycles. The minimum atomic E-state index is -0.123. The van der Waals surface area contributed by atoms with E-state index in [9.17, 15) is 4.79 Å². The Kier molecular flexibility index (Phi) is 3.12. The average Bonchev–Trinajstić information content (AvgIpc) is 2.59. The molecule has 0 N–H and O–H groups in total. The molecule has 4 heteroatoms. The van der Waals surface area contributed by atoms with Gasteiger partial charge in [0.15, 0.2) is 0 Å². The van der Waals surface area contributed by atoms with Gasteiger partial charge in [-0.25, -0.2) is 0 Å². The minimum absolute atomic E-state index is 0.0328. The van der Waals surface area contributed by atoms with Gasteiger partial charge in [-0.15, -0.1) is 11.6 Å². The maximum absolute atomic E-state index is 11.7.